The first-order valence-electron chi connectivity index (χ1n) is 10.1. The molecule has 0 bridgehead atoms. The number of nitrogens with one attached hydrogen (secondary N) is 2. The minimum atomic E-state index is -0.716. The Morgan fingerprint density at radius 2 is 1.89 bits per heavy atom. The van der Waals surface area contributed by atoms with Crippen molar-refractivity contribution < 1.29 is 14.7 Å². The number of carboxylic acid groups (broad SMARTS) is 1. The average Bonchev–Trinajstić information content (AvgIpc) is 2.68. The molecule has 6 heteroatoms. The predicted octanol–water partition coefficient (Wildman–Crippen LogP) is 2.77. The third kappa shape index (κ3) is 5.22. The third-order valence-electron chi connectivity index (χ3n) is 6.06. The van der Waals surface area contributed by atoms with Crippen molar-refractivity contribution in [3.05, 3.63) is 35.4 Å². The topological polar surface area (TPSA) is 81.7 Å². The number of carbonyl (C=O) groups is 2. The van der Waals surface area contributed by atoms with Gasteiger partial charge in [-0.1, -0.05) is 31.2 Å². The zero-order valence-corrected chi connectivity index (χ0v) is 16.1. The maximum absolute atomic E-state index is 12.3. The molecule has 148 valence electrons. The fourth-order valence-corrected chi connectivity index (χ4v) is 4.29. The molecule has 27 heavy (non-hydrogen) atoms. The van der Waals surface area contributed by atoms with Gasteiger partial charge in [0.05, 0.1) is 5.92 Å². The molecule has 2 aliphatic rings. The minimum Gasteiger partial charge on any atom is -0.481 e. The molecule has 1 heterocycles. The maximum atomic E-state index is 12.3. The molecule has 0 spiro atoms. The van der Waals surface area contributed by atoms with Crippen LogP contribution in [0.3, 0.4) is 0 Å². The van der Waals surface area contributed by atoms with Crippen molar-refractivity contribution in [2.75, 3.05) is 13.1 Å². The molecule has 1 unspecified atom stereocenters. The van der Waals surface area contributed by atoms with Crippen LogP contribution in [0.2, 0.25) is 0 Å². The number of urea groups is 1. The van der Waals surface area contributed by atoms with Crippen LogP contribution < -0.4 is 10.6 Å². The van der Waals surface area contributed by atoms with Crippen LogP contribution in [0.25, 0.3) is 0 Å². The highest BCUT2D eigenvalue weighted by Gasteiger charge is 2.27. The molecule has 1 fully saturated rings. The van der Waals surface area contributed by atoms with Gasteiger partial charge in [0.2, 0.25) is 0 Å². The van der Waals surface area contributed by atoms with Crippen LogP contribution in [-0.4, -0.2) is 47.2 Å². The minimum absolute atomic E-state index is 0.0857. The summed E-state index contributed by atoms with van der Waals surface area (Å²) in [5.41, 5.74) is 2.83. The lowest BCUT2D eigenvalue weighted by Crippen LogP contribution is -2.50. The summed E-state index contributed by atoms with van der Waals surface area (Å²) in [6.45, 7) is 4.77. The first-order chi connectivity index (χ1) is 13.1. The summed E-state index contributed by atoms with van der Waals surface area (Å²) in [6, 6.07) is 8.87. The molecule has 1 aromatic carbocycles. The van der Waals surface area contributed by atoms with Gasteiger partial charge in [0.15, 0.2) is 0 Å². The Balaban J connectivity index is 1.43. The monoisotopic (exact) mass is 373 g/mol. The number of nitrogens with zero attached hydrogens (tertiary/aromatic N) is 1. The van der Waals surface area contributed by atoms with Gasteiger partial charge in [0, 0.05) is 31.7 Å². The molecule has 1 atom stereocenters. The van der Waals surface area contributed by atoms with Crippen molar-refractivity contribution in [1.29, 1.82) is 0 Å². The summed E-state index contributed by atoms with van der Waals surface area (Å²) < 4.78 is 0. The van der Waals surface area contributed by atoms with E-state index in [1.807, 2.05) is 0 Å². The van der Waals surface area contributed by atoms with Gasteiger partial charge in [-0.15, -0.1) is 0 Å². The lowest BCUT2D eigenvalue weighted by atomic mass is 9.86. The van der Waals surface area contributed by atoms with E-state index in [1.54, 1.807) is 0 Å². The quantitative estimate of drug-likeness (QED) is 0.716. The number of carbonyl (C=O) groups excluding carboxylic acids is 1. The van der Waals surface area contributed by atoms with Crippen LogP contribution in [-0.2, 0) is 17.8 Å². The number of rotatable bonds is 6. The number of aliphatic carboxylic acids is 1. The van der Waals surface area contributed by atoms with Gasteiger partial charge >= 0.3 is 12.0 Å². The number of hydrogen-bond donors (Lipinski definition) is 3. The molecular formula is C21H31N3O3. The first kappa shape index (κ1) is 19.7. The molecule has 0 aromatic heterocycles. The Kier molecular flexibility index (Phi) is 6.72. The molecule has 0 saturated heterocycles. The number of carboxylic acids is 1. The van der Waals surface area contributed by atoms with Gasteiger partial charge in [0.25, 0.3) is 0 Å². The summed E-state index contributed by atoms with van der Waals surface area (Å²) >= 11 is 0. The van der Waals surface area contributed by atoms with Crippen molar-refractivity contribution >= 4 is 12.0 Å². The predicted molar refractivity (Wildman–Crippen MR) is 105 cm³/mol. The summed E-state index contributed by atoms with van der Waals surface area (Å²) in [4.78, 5) is 25.7. The Morgan fingerprint density at radius 3 is 2.56 bits per heavy atom. The summed E-state index contributed by atoms with van der Waals surface area (Å²) in [5.74, 6) is -0.968. The Labute approximate surface area is 161 Å². The first-order valence-corrected chi connectivity index (χ1v) is 10.1. The molecule has 2 amide bonds. The third-order valence-corrected chi connectivity index (χ3v) is 6.06. The zero-order valence-electron chi connectivity index (χ0n) is 16.1. The van der Waals surface area contributed by atoms with Crippen molar-refractivity contribution in [1.82, 2.24) is 15.5 Å². The van der Waals surface area contributed by atoms with E-state index in [4.69, 9.17) is 5.11 Å². The van der Waals surface area contributed by atoms with Crippen LogP contribution >= 0.6 is 0 Å². The SMILES string of the molecule is CCC(CNC(=O)NC1CCC(C(=O)O)CC1)N1CCc2ccccc2C1. The van der Waals surface area contributed by atoms with E-state index < -0.39 is 5.97 Å². The molecule has 3 N–H and O–H groups in total. The van der Waals surface area contributed by atoms with Crippen LogP contribution in [0.1, 0.15) is 50.2 Å². The molecule has 3 rings (SSSR count). The van der Waals surface area contributed by atoms with Crippen LogP contribution in [0.4, 0.5) is 4.79 Å². The standard InChI is InChI=1S/C21H31N3O3/c1-2-19(24-12-11-15-5-3-4-6-17(15)14-24)13-22-21(27)23-18-9-7-16(8-10-18)20(25)26/h3-6,16,18-19H,2,7-14H2,1H3,(H,25,26)(H2,22,23,27). The van der Waals surface area contributed by atoms with Gasteiger partial charge in [-0.2, -0.15) is 0 Å². The summed E-state index contributed by atoms with van der Waals surface area (Å²) in [7, 11) is 0. The Hall–Kier alpha value is -2.08. The summed E-state index contributed by atoms with van der Waals surface area (Å²) in [6.07, 6.45) is 4.82. The van der Waals surface area contributed by atoms with Crippen LogP contribution in [0.15, 0.2) is 24.3 Å². The number of amides is 2. The number of fused-ring (bicyclic) bond motifs is 1. The van der Waals surface area contributed by atoms with Crippen molar-refractivity contribution in [3.63, 3.8) is 0 Å². The number of benzene rings is 1. The normalized spacial score (nSPS) is 23.9. The summed E-state index contributed by atoms with van der Waals surface area (Å²) in [5, 5.41) is 15.1. The molecule has 1 saturated carbocycles. The van der Waals surface area contributed by atoms with E-state index in [9.17, 15) is 9.59 Å². The smallest absolute Gasteiger partial charge is 0.315 e. The van der Waals surface area contributed by atoms with E-state index in [-0.39, 0.29) is 18.0 Å². The molecule has 0 radical (unpaired) electrons. The fourth-order valence-electron chi connectivity index (χ4n) is 4.29. The molecule has 6 nitrogen and oxygen atoms in total. The Bertz CT molecular complexity index is 656. The van der Waals surface area contributed by atoms with Crippen LogP contribution in [0, 0.1) is 5.92 Å². The van der Waals surface area contributed by atoms with Gasteiger partial charge < -0.3 is 15.7 Å². The lowest BCUT2D eigenvalue weighted by molar-refractivity contribution is -0.142. The van der Waals surface area contributed by atoms with Crippen molar-refractivity contribution in [2.24, 2.45) is 5.92 Å². The van der Waals surface area contributed by atoms with E-state index in [0.717, 1.165) is 38.8 Å². The maximum Gasteiger partial charge on any atom is 0.315 e. The lowest BCUT2D eigenvalue weighted by Gasteiger charge is -2.35. The fraction of sp³-hybridized carbons (Fsp3) is 0.619. The van der Waals surface area contributed by atoms with Crippen LogP contribution in [0.5, 0.6) is 0 Å². The largest absolute Gasteiger partial charge is 0.481 e. The van der Waals surface area contributed by atoms with E-state index in [1.165, 1.54) is 11.1 Å². The van der Waals surface area contributed by atoms with Gasteiger partial charge in [-0.3, -0.25) is 9.69 Å². The van der Waals surface area contributed by atoms with E-state index >= 15 is 0 Å². The highest BCUT2D eigenvalue weighted by molar-refractivity contribution is 5.74. The van der Waals surface area contributed by atoms with Crippen molar-refractivity contribution in [3.8, 4) is 0 Å². The van der Waals surface area contributed by atoms with Gasteiger partial charge in [-0.25, -0.2) is 4.79 Å². The number of hydrogen-bond acceptors (Lipinski definition) is 3. The average molecular weight is 373 g/mol. The molecule has 1 aromatic rings. The Morgan fingerprint density at radius 1 is 1.19 bits per heavy atom. The molecule has 1 aliphatic heterocycles. The second-order valence-corrected chi connectivity index (χ2v) is 7.79. The molecular weight excluding hydrogens is 342 g/mol. The highest BCUT2D eigenvalue weighted by Crippen LogP contribution is 2.24. The van der Waals surface area contributed by atoms with E-state index in [2.05, 4.69) is 46.7 Å². The van der Waals surface area contributed by atoms with E-state index in [0.29, 0.717) is 25.4 Å². The van der Waals surface area contributed by atoms with Gasteiger partial charge in [-0.05, 0) is 49.7 Å². The molecule has 1 aliphatic carbocycles. The zero-order chi connectivity index (χ0) is 19.2. The second-order valence-electron chi connectivity index (χ2n) is 7.79. The highest BCUT2D eigenvalue weighted by atomic mass is 16.4. The van der Waals surface area contributed by atoms with Crippen molar-refractivity contribution in [2.45, 2.75) is 64.1 Å². The second kappa shape index (κ2) is 9.22. The van der Waals surface area contributed by atoms with Gasteiger partial charge in [0.1, 0.15) is 0 Å².